The van der Waals surface area contributed by atoms with Crippen LogP contribution in [0.2, 0.25) is 0 Å². The van der Waals surface area contributed by atoms with Gasteiger partial charge in [-0.1, -0.05) is 18.2 Å². The molecule has 3 aromatic carbocycles. The van der Waals surface area contributed by atoms with Gasteiger partial charge in [-0.15, -0.1) is 0 Å². The Bertz CT molecular complexity index is 1160. The summed E-state index contributed by atoms with van der Waals surface area (Å²) in [6, 6.07) is 17.3. The number of carbonyl (C=O) groups excluding carboxylic acids is 1. The van der Waals surface area contributed by atoms with E-state index in [9.17, 15) is 13.6 Å². The zero-order valence-electron chi connectivity index (χ0n) is 15.2. The normalized spacial score (nSPS) is 10.7. The number of hydrogen-bond acceptors (Lipinski definition) is 4. The molecule has 144 valence electrons. The molecule has 1 aromatic heterocycles. The second kappa shape index (κ2) is 8.02. The van der Waals surface area contributed by atoms with Crippen molar-refractivity contribution in [2.24, 2.45) is 0 Å². The summed E-state index contributed by atoms with van der Waals surface area (Å²) in [6.07, 6.45) is 1.32. The Morgan fingerprint density at radius 2 is 1.66 bits per heavy atom. The molecule has 0 aliphatic heterocycles. The second-order valence-electron chi connectivity index (χ2n) is 6.37. The van der Waals surface area contributed by atoms with Crippen LogP contribution in [0, 0.1) is 11.6 Å². The Morgan fingerprint density at radius 3 is 2.41 bits per heavy atom. The van der Waals surface area contributed by atoms with Crippen LogP contribution in [0.25, 0.3) is 10.9 Å². The number of nitrogens with one attached hydrogen (secondary N) is 2. The molecule has 0 spiro atoms. The Kier molecular flexibility index (Phi) is 5.11. The summed E-state index contributed by atoms with van der Waals surface area (Å²) in [5.74, 6) is -0.555. The molecule has 1 heterocycles. The first-order chi connectivity index (χ1) is 14.1. The summed E-state index contributed by atoms with van der Waals surface area (Å²) < 4.78 is 26.8. The molecular weight excluding hydrogens is 374 g/mol. The van der Waals surface area contributed by atoms with Gasteiger partial charge >= 0.3 is 0 Å². The van der Waals surface area contributed by atoms with Crippen molar-refractivity contribution in [1.29, 1.82) is 0 Å². The molecule has 0 radical (unpaired) electrons. The third-order valence-electron chi connectivity index (χ3n) is 4.39. The summed E-state index contributed by atoms with van der Waals surface area (Å²) in [6.45, 7) is 0.467. The van der Waals surface area contributed by atoms with E-state index in [0.29, 0.717) is 29.0 Å². The van der Waals surface area contributed by atoms with E-state index >= 15 is 0 Å². The maximum absolute atomic E-state index is 13.8. The number of para-hydroxylation sites is 1. The number of hydrogen-bond donors (Lipinski definition) is 2. The topological polar surface area (TPSA) is 66.9 Å². The quantitative estimate of drug-likeness (QED) is 0.515. The van der Waals surface area contributed by atoms with Crippen molar-refractivity contribution in [1.82, 2.24) is 9.97 Å². The highest BCUT2D eigenvalue weighted by Gasteiger charge is 2.08. The van der Waals surface area contributed by atoms with Gasteiger partial charge in [-0.05, 0) is 54.1 Å². The third-order valence-corrected chi connectivity index (χ3v) is 4.39. The van der Waals surface area contributed by atoms with E-state index in [2.05, 4.69) is 20.6 Å². The minimum atomic E-state index is -0.394. The monoisotopic (exact) mass is 390 g/mol. The molecule has 7 heteroatoms. The minimum absolute atomic E-state index is 0.267. The van der Waals surface area contributed by atoms with Gasteiger partial charge in [0.05, 0.1) is 0 Å². The molecule has 0 aliphatic carbocycles. The Morgan fingerprint density at radius 1 is 0.897 bits per heavy atom. The van der Waals surface area contributed by atoms with Crippen molar-refractivity contribution in [2.45, 2.75) is 6.54 Å². The van der Waals surface area contributed by atoms with Gasteiger partial charge in [0.2, 0.25) is 0 Å². The van der Waals surface area contributed by atoms with Crippen molar-refractivity contribution in [3.63, 3.8) is 0 Å². The number of nitrogens with zero attached hydrogens (tertiary/aromatic N) is 2. The lowest BCUT2D eigenvalue weighted by Gasteiger charge is -2.10. The van der Waals surface area contributed by atoms with Crippen LogP contribution in [0.3, 0.4) is 0 Å². The first kappa shape index (κ1) is 18.5. The maximum Gasteiger partial charge on any atom is 0.255 e. The van der Waals surface area contributed by atoms with Crippen molar-refractivity contribution in [3.05, 3.63) is 95.8 Å². The SMILES string of the molecule is O=C(Nc1ccc(CNc2ncnc3c(F)cccc23)cc1)c1ccc(F)cc1. The van der Waals surface area contributed by atoms with E-state index in [1.165, 1.54) is 36.7 Å². The molecule has 5 nitrogen and oxygen atoms in total. The van der Waals surface area contributed by atoms with Crippen LogP contribution >= 0.6 is 0 Å². The first-order valence-corrected chi connectivity index (χ1v) is 8.89. The lowest BCUT2D eigenvalue weighted by Crippen LogP contribution is -2.11. The third kappa shape index (κ3) is 4.19. The summed E-state index contributed by atoms with van der Waals surface area (Å²) in [5.41, 5.74) is 2.22. The van der Waals surface area contributed by atoms with Crippen LogP contribution in [0.1, 0.15) is 15.9 Å². The fraction of sp³-hybridized carbons (Fsp3) is 0.0455. The molecule has 0 fully saturated rings. The van der Waals surface area contributed by atoms with Crippen molar-refractivity contribution in [3.8, 4) is 0 Å². The van der Waals surface area contributed by atoms with Gasteiger partial charge in [-0.3, -0.25) is 4.79 Å². The van der Waals surface area contributed by atoms with Crippen LogP contribution in [0.5, 0.6) is 0 Å². The highest BCUT2D eigenvalue weighted by molar-refractivity contribution is 6.04. The molecular formula is C22H16F2N4O. The zero-order chi connectivity index (χ0) is 20.2. The summed E-state index contributed by atoms with van der Waals surface area (Å²) in [5, 5.41) is 6.55. The summed E-state index contributed by atoms with van der Waals surface area (Å²) in [4.78, 5) is 20.3. The molecule has 0 saturated carbocycles. The van der Waals surface area contributed by atoms with Crippen molar-refractivity contribution >= 4 is 28.3 Å². The molecule has 2 N–H and O–H groups in total. The smallest absolute Gasteiger partial charge is 0.255 e. The number of fused-ring (bicyclic) bond motifs is 1. The zero-order valence-corrected chi connectivity index (χ0v) is 15.2. The number of benzene rings is 3. The molecule has 4 aromatic rings. The number of carbonyl (C=O) groups is 1. The molecule has 0 bridgehead atoms. The van der Waals surface area contributed by atoms with E-state index in [1.54, 1.807) is 24.3 Å². The van der Waals surface area contributed by atoms with Crippen LogP contribution in [-0.4, -0.2) is 15.9 Å². The molecule has 0 aliphatic rings. The predicted molar refractivity (Wildman–Crippen MR) is 108 cm³/mol. The fourth-order valence-electron chi connectivity index (χ4n) is 2.89. The molecule has 4 rings (SSSR count). The number of rotatable bonds is 5. The van der Waals surface area contributed by atoms with Crippen LogP contribution in [0.15, 0.2) is 73.1 Å². The number of aromatic nitrogens is 2. The van der Waals surface area contributed by atoms with E-state index in [-0.39, 0.29) is 11.4 Å². The molecule has 0 unspecified atom stereocenters. The highest BCUT2D eigenvalue weighted by Crippen LogP contribution is 2.22. The molecule has 0 saturated heterocycles. The van der Waals surface area contributed by atoms with Crippen LogP contribution in [-0.2, 0) is 6.54 Å². The number of halogens is 2. The van der Waals surface area contributed by atoms with E-state index in [1.807, 2.05) is 12.1 Å². The first-order valence-electron chi connectivity index (χ1n) is 8.89. The van der Waals surface area contributed by atoms with Crippen molar-refractivity contribution < 1.29 is 13.6 Å². The predicted octanol–water partition coefficient (Wildman–Crippen LogP) is 4.77. The highest BCUT2D eigenvalue weighted by atomic mass is 19.1. The minimum Gasteiger partial charge on any atom is -0.365 e. The average molecular weight is 390 g/mol. The summed E-state index contributed by atoms with van der Waals surface area (Å²) >= 11 is 0. The van der Waals surface area contributed by atoms with E-state index in [0.717, 1.165) is 5.56 Å². The fourth-order valence-corrected chi connectivity index (χ4v) is 2.89. The van der Waals surface area contributed by atoms with Gasteiger partial charge in [0.15, 0.2) is 0 Å². The van der Waals surface area contributed by atoms with Crippen LogP contribution in [0.4, 0.5) is 20.3 Å². The summed E-state index contributed by atoms with van der Waals surface area (Å²) in [7, 11) is 0. The van der Waals surface area contributed by atoms with Gasteiger partial charge < -0.3 is 10.6 Å². The lowest BCUT2D eigenvalue weighted by atomic mass is 10.1. The van der Waals surface area contributed by atoms with Gasteiger partial charge in [0.1, 0.15) is 29.3 Å². The maximum atomic E-state index is 13.8. The van der Waals surface area contributed by atoms with Gasteiger partial charge in [0, 0.05) is 23.2 Å². The van der Waals surface area contributed by atoms with E-state index in [4.69, 9.17) is 0 Å². The Labute approximate surface area is 165 Å². The van der Waals surface area contributed by atoms with Gasteiger partial charge in [0.25, 0.3) is 5.91 Å². The van der Waals surface area contributed by atoms with Crippen molar-refractivity contribution in [2.75, 3.05) is 10.6 Å². The Hall–Kier alpha value is -3.87. The Balaban J connectivity index is 1.42. The standard InChI is InChI=1S/C22H16F2N4O/c23-16-8-6-15(7-9-16)22(29)28-17-10-4-14(5-11-17)12-25-21-18-2-1-3-19(24)20(18)26-13-27-21/h1-11,13H,12H2,(H,28,29)(H,25,26,27). The molecule has 1 amide bonds. The molecule has 0 atom stereocenters. The molecule has 29 heavy (non-hydrogen) atoms. The van der Waals surface area contributed by atoms with E-state index < -0.39 is 11.6 Å². The number of anilines is 2. The van der Waals surface area contributed by atoms with Crippen LogP contribution < -0.4 is 10.6 Å². The number of amides is 1. The van der Waals surface area contributed by atoms with Gasteiger partial charge in [-0.2, -0.15) is 0 Å². The average Bonchev–Trinajstić information content (AvgIpc) is 2.74. The second-order valence-corrected chi connectivity index (χ2v) is 6.37. The van der Waals surface area contributed by atoms with Gasteiger partial charge in [-0.25, -0.2) is 18.7 Å². The largest absolute Gasteiger partial charge is 0.365 e. The lowest BCUT2D eigenvalue weighted by molar-refractivity contribution is 0.102.